The van der Waals surface area contributed by atoms with E-state index in [4.69, 9.17) is 9.72 Å². The van der Waals surface area contributed by atoms with Crippen molar-refractivity contribution in [3.63, 3.8) is 0 Å². The first-order chi connectivity index (χ1) is 30.3. The molecule has 0 amide bonds. The van der Waals surface area contributed by atoms with Crippen LogP contribution in [0.25, 0.3) is 49.9 Å². The fraction of sp³-hybridized carbons (Fsp3) is 0.109. The third-order valence-corrected chi connectivity index (χ3v) is 12.5. The highest BCUT2D eigenvalue weighted by atomic mass is 16.5. The molecule has 2 aromatic heterocycles. The lowest BCUT2D eigenvalue weighted by molar-refractivity contribution is 0.483. The number of anilines is 2. The Hall–Kier alpha value is -7.51. The third-order valence-electron chi connectivity index (χ3n) is 12.5. The fourth-order valence-electron chi connectivity index (χ4n) is 9.48. The van der Waals surface area contributed by atoms with Gasteiger partial charge in [-0.1, -0.05) is 160 Å². The predicted molar refractivity (Wildman–Crippen MR) is 258 cm³/mol. The number of pyridine rings is 1. The fourth-order valence-corrected chi connectivity index (χ4v) is 9.48. The van der Waals surface area contributed by atoms with E-state index in [0.29, 0.717) is 6.67 Å². The van der Waals surface area contributed by atoms with Gasteiger partial charge in [-0.05, 0) is 71.0 Å². The third kappa shape index (κ3) is 6.40. The summed E-state index contributed by atoms with van der Waals surface area (Å²) < 4.78 is 9.16. The number of para-hydroxylation sites is 2. The topological polar surface area (TPSA) is 36.8 Å². The second kappa shape index (κ2) is 14.9. The minimum atomic E-state index is -0.0115. The van der Waals surface area contributed by atoms with Gasteiger partial charge in [0.1, 0.15) is 29.8 Å². The Morgan fingerprint density at radius 3 is 1.94 bits per heavy atom. The average Bonchev–Trinajstić information content (AvgIpc) is 3.90. The van der Waals surface area contributed by atoms with Crippen molar-refractivity contribution in [2.24, 2.45) is 0 Å². The van der Waals surface area contributed by atoms with Crippen LogP contribution in [0.1, 0.15) is 26.3 Å². The van der Waals surface area contributed by atoms with E-state index in [1.165, 1.54) is 49.8 Å². The van der Waals surface area contributed by atoms with E-state index in [-0.39, 0.29) is 12.3 Å². The smallest absolute Gasteiger partial charge is 0.326 e. The summed E-state index contributed by atoms with van der Waals surface area (Å²) >= 11 is 0. The number of rotatable bonds is 7. The lowest BCUT2D eigenvalue weighted by atomic mass is 9.48. The molecule has 62 heavy (non-hydrogen) atoms. The molecular weight excluding hydrogens is 757 g/mol. The Kier molecular flexibility index (Phi) is 9.01. The molecule has 7 aromatic carbocycles. The normalized spacial score (nSPS) is 13.7. The second-order valence-corrected chi connectivity index (χ2v) is 17.4. The zero-order chi connectivity index (χ0) is 42.0. The van der Waals surface area contributed by atoms with Crippen molar-refractivity contribution in [2.75, 3.05) is 23.5 Å². The van der Waals surface area contributed by atoms with E-state index >= 15 is 0 Å². The summed E-state index contributed by atoms with van der Waals surface area (Å²) in [6.45, 7) is 7.36. The summed E-state index contributed by atoms with van der Waals surface area (Å²) in [4.78, 5) is 12.2. The highest BCUT2D eigenvalue weighted by molar-refractivity contribution is 6.84. The van der Waals surface area contributed by atoms with Crippen LogP contribution in [0.5, 0.6) is 11.5 Å². The van der Waals surface area contributed by atoms with Gasteiger partial charge in [-0.15, -0.1) is 0 Å². The van der Waals surface area contributed by atoms with Gasteiger partial charge >= 0.3 is 6.85 Å². The highest BCUT2D eigenvalue weighted by Crippen LogP contribution is 2.44. The molecule has 4 heterocycles. The van der Waals surface area contributed by atoms with Gasteiger partial charge in [0.15, 0.2) is 0 Å². The summed E-state index contributed by atoms with van der Waals surface area (Å²) in [5, 5.41) is 2.34. The molecule has 0 atom stereocenters. The molecule has 11 rings (SSSR count). The Morgan fingerprint density at radius 1 is 0.597 bits per heavy atom. The minimum Gasteiger partial charge on any atom is -0.457 e. The first-order valence-corrected chi connectivity index (χ1v) is 21.4. The number of fused-ring (bicyclic) bond motifs is 6. The molecule has 0 fully saturated rings. The molecule has 0 bridgehead atoms. The van der Waals surface area contributed by atoms with E-state index in [2.05, 4.69) is 235 Å². The van der Waals surface area contributed by atoms with Crippen LogP contribution in [0, 0.1) is 0 Å². The average molecular weight is 804 g/mol. The second-order valence-electron chi connectivity index (χ2n) is 17.4. The maximum absolute atomic E-state index is 6.89. The van der Waals surface area contributed by atoms with Gasteiger partial charge < -0.3 is 19.3 Å². The van der Waals surface area contributed by atoms with Crippen LogP contribution in [-0.2, 0) is 5.41 Å². The highest BCUT2D eigenvalue weighted by Gasteiger charge is 2.41. The van der Waals surface area contributed by atoms with Gasteiger partial charge in [-0.2, -0.15) is 0 Å². The monoisotopic (exact) mass is 803 g/mol. The van der Waals surface area contributed by atoms with Crippen LogP contribution in [-0.4, -0.2) is 34.9 Å². The van der Waals surface area contributed by atoms with Crippen molar-refractivity contribution >= 4 is 51.0 Å². The molecule has 0 N–H and O–H groups in total. The van der Waals surface area contributed by atoms with Crippen molar-refractivity contribution in [1.29, 1.82) is 0 Å². The minimum absolute atomic E-state index is 0.00378. The molecule has 0 unspecified atom stereocenters. The zero-order valence-corrected chi connectivity index (χ0v) is 35.4. The van der Waals surface area contributed by atoms with Crippen LogP contribution in [0.15, 0.2) is 200 Å². The molecule has 300 valence electrons. The SMILES string of the molecule is CN1B(c2ccccc2)c2ccc(Oc3ccc4c5ccccc5n(-c5cc(C(C)(C)C)ccn5)c4c3)cc2N2CN(c3c(-c4ccccc4)cccc3-c3ccccc3)C=C12. The molecule has 2 aliphatic heterocycles. The standard InChI is InChI=1S/C55H46BN5O/c1-55(2,3)40-31-32-57-52(33-40)61-49-26-15-14-23-46(49)47-29-27-42(34-50(47)61)62-43-28-30-48-51(35-43)60-37-59(36-53(60)58(4)56(48)41-21-12-7-13-22-41)54-44(38-17-8-5-9-18-38)24-16-25-45(54)39-19-10-6-11-20-39/h5-36H,37H2,1-4H3. The zero-order valence-electron chi connectivity index (χ0n) is 35.4. The lowest BCUT2D eigenvalue weighted by Gasteiger charge is -2.41. The van der Waals surface area contributed by atoms with Crippen LogP contribution in [0.2, 0.25) is 0 Å². The van der Waals surface area contributed by atoms with Gasteiger partial charge in [-0.3, -0.25) is 4.57 Å². The van der Waals surface area contributed by atoms with E-state index < -0.39 is 0 Å². The Labute approximate surface area is 363 Å². The van der Waals surface area contributed by atoms with Gasteiger partial charge in [0, 0.05) is 52.1 Å². The summed E-state index contributed by atoms with van der Waals surface area (Å²) in [5.41, 5.74) is 12.9. The summed E-state index contributed by atoms with van der Waals surface area (Å²) in [5.74, 6) is 3.57. The number of hydrogen-bond acceptors (Lipinski definition) is 5. The van der Waals surface area contributed by atoms with Gasteiger partial charge in [0.2, 0.25) is 0 Å². The van der Waals surface area contributed by atoms with Crippen molar-refractivity contribution in [3.8, 4) is 39.6 Å². The maximum Gasteiger partial charge on any atom is 0.326 e. The van der Waals surface area contributed by atoms with Gasteiger partial charge in [0.05, 0.1) is 16.7 Å². The van der Waals surface area contributed by atoms with E-state index in [1.54, 1.807) is 0 Å². The van der Waals surface area contributed by atoms with Crippen LogP contribution in [0.4, 0.5) is 11.4 Å². The predicted octanol–water partition coefficient (Wildman–Crippen LogP) is 11.7. The first kappa shape index (κ1) is 37.5. The Bertz CT molecular complexity index is 3100. The molecule has 7 heteroatoms. The summed E-state index contributed by atoms with van der Waals surface area (Å²) in [6.07, 6.45) is 4.26. The molecule has 2 aliphatic rings. The Balaban J connectivity index is 1.02. The molecule has 0 saturated carbocycles. The molecule has 0 spiro atoms. The number of aromatic nitrogens is 2. The maximum atomic E-state index is 6.89. The van der Waals surface area contributed by atoms with Crippen molar-refractivity contribution < 1.29 is 4.74 Å². The van der Waals surface area contributed by atoms with Crippen LogP contribution in [0.3, 0.4) is 0 Å². The van der Waals surface area contributed by atoms with Crippen molar-refractivity contribution in [1.82, 2.24) is 14.4 Å². The summed E-state index contributed by atoms with van der Waals surface area (Å²) in [7, 11) is 2.22. The van der Waals surface area contributed by atoms with Gasteiger partial charge in [0.25, 0.3) is 0 Å². The van der Waals surface area contributed by atoms with E-state index in [0.717, 1.165) is 45.2 Å². The largest absolute Gasteiger partial charge is 0.457 e. The molecular formula is C55H46BN5O. The van der Waals surface area contributed by atoms with Crippen molar-refractivity contribution in [2.45, 2.75) is 26.2 Å². The number of ether oxygens (including phenoxy) is 1. The first-order valence-electron chi connectivity index (χ1n) is 21.4. The lowest BCUT2D eigenvalue weighted by Crippen LogP contribution is -2.61. The Morgan fingerprint density at radius 2 is 1.23 bits per heavy atom. The number of benzene rings is 7. The molecule has 0 aliphatic carbocycles. The quantitative estimate of drug-likeness (QED) is 0.150. The number of nitrogens with zero attached hydrogens (tertiary/aromatic N) is 5. The molecule has 9 aromatic rings. The number of hydrogen-bond donors (Lipinski definition) is 0. The molecule has 0 radical (unpaired) electrons. The van der Waals surface area contributed by atoms with Gasteiger partial charge in [-0.25, -0.2) is 4.98 Å². The summed E-state index contributed by atoms with van der Waals surface area (Å²) in [6, 6.07) is 64.9. The van der Waals surface area contributed by atoms with Crippen LogP contribution < -0.4 is 25.5 Å². The van der Waals surface area contributed by atoms with Crippen LogP contribution >= 0.6 is 0 Å². The van der Waals surface area contributed by atoms with E-state index in [1.807, 2.05) is 6.20 Å². The molecule has 6 nitrogen and oxygen atoms in total. The van der Waals surface area contributed by atoms with E-state index in [9.17, 15) is 0 Å². The van der Waals surface area contributed by atoms with Crippen molar-refractivity contribution in [3.05, 3.63) is 206 Å². The molecule has 0 saturated heterocycles.